The summed E-state index contributed by atoms with van der Waals surface area (Å²) in [5.41, 5.74) is 0. The van der Waals surface area contributed by atoms with E-state index in [-0.39, 0.29) is 77.2 Å². The minimum Gasteiger partial charge on any atom is -0.356 e. The van der Waals surface area contributed by atoms with E-state index in [2.05, 4.69) is 21.3 Å². The summed E-state index contributed by atoms with van der Waals surface area (Å²) >= 11 is 0. The minimum atomic E-state index is -1.57. The summed E-state index contributed by atoms with van der Waals surface area (Å²) in [4.78, 5) is 68.9. The molecule has 16 heteroatoms. The molecule has 2 unspecified atom stereocenters. The molecule has 6 N–H and O–H groups in total. The summed E-state index contributed by atoms with van der Waals surface area (Å²) in [7, 11) is 0. The molecule has 0 aliphatic rings. The number of hydrogen-bond donors (Lipinski definition) is 6. The predicted octanol–water partition coefficient (Wildman–Crippen LogP) is 0.114. The Morgan fingerprint density at radius 1 is 0.634 bits per heavy atom. The molecule has 236 valence electrons. The quantitative estimate of drug-likeness (QED) is 0.0577. The summed E-state index contributed by atoms with van der Waals surface area (Å²) in [6.07, 6.45) is -2.16. The minimum absolute atomic E-state index is 0.00399. The molecule has 0 bridgehead atoms. The van der Waals surface area contributed by atoms with Gasteiger partial charge in [0.15, 0.2) is 0 Å². The van der Waals surface area contributed by atoms with Gasteiger partial charge in [-0.2, -0.15) is 0 Å². The van der Waals surface area contributed by atoms with Gasteiger partial charge in [-0.3, -0.25) is 39.2 Å². The highest BCUT2D eigenvalue weighted by Gasteiger charge is 2.17. The molecule has 2 atom stereocenters. The molecule has 0 rings (SSSR count). The molecule has 41 heavy (non-hydrogen) atoms. The number of carbonyl (C=O) groups excluding carboxylic acids is 6. The smallest absolute Gasteiger partial charge is 0.246 e. The van der Waals surface area contributed by atoms with Crippen molar-refractivity contribution in [3.63, 3.8) is 0 Å². The molecule has 0 fully saturated rings. The Balaban J connectivity index is 3.91. The zero-order chi connectivity index (χ0) is 31.2. The molecule has 0 aliphatic carbocycles. The van der Waals surface area contributed by atoms with Gasteiger partial charge in [0.2, 0.25) is 35.4 Å². The van der Waals surface area contributed by atoms with Gasteiger partial charge in [0.25, 0.3) is 0 Å². The van der Waals surface area contributed by atoms with Crippen molar-refractivity contribution in [2.24, 2.45) is 0 Å². The lowest BCUT2D eigenvalue weighted by Gasteiger charge is -2.17. The topological polar surface area (TPSA) is 197 Å². The predicted molar refractivity (Wildman–Crippen MR) is 142 cm³/mol. The van der Waals surface area contributed by atoms with Crippen LogP contribution >= 0.6 is 0 Å². The fourth-order valence-electron chi connectivity index (χ4n) is 3.23. The number of amides is 6. The number of alkyl halides is 2. The van der Waals surface area contributed by atoms with Crippen LogP contribution in [0.15, 0.2) is 0 Å². The highest BCUT2D eigenvalue weighted by molar-refractivity contribution is 5.84. The van der Waals surface area contributed by atoms with Crippen molar-refractivity contribution in [1.82, 2.24) is 31.4 Å². The van der Waals surface area contributed by atoms with Crippen LogP contribution in [0.2, 0.25) is 0 Å². The van der Waals surface area contributed by atoms with Crippen molar-refractivity contribution in [2.75, 3.05) is 39.3 Å². The van der Waals surface area contributed by atoms with E-state index in [1.54, 1.807) is 0 Å². The second-order valence-electron chi connectivity index (χ2n) is 9.43. The maximum Gasteiger partial charge on any atom is 0.246 e. The lowest BCUT2D eigenvalue weighted by atomic mass is 10.2. The summed E-state index contributed by atoms with van der Waals surface area (Å²) in [6.45, 7) is 2.20. The summed E-state index contributed by atoms with van der Waals surface area (Å²) in [5, 5.41) is 29.7. The molecule has 0 heterocycles. The normalized spacial score (nSPS) is 12.0. The van der Waals surface area contributed by atoms with Gasteiger partial charge in [-0.1, -0.05) is 0 Å². The van der Waals surface area contributed by atoms with Crippen LogP contribution in [0, 0.1) is 0 Å². The molecular formula is C25H44F2N6O8. The average Bonchev–Trinajstić information content (AvgIpc) is 2.92. The van der Waals surface area contributed by atoms with E-state index >= 15 is 0 Å². The molecule has 0 aromatic rings. The van der Waals surface area contributed by atoms with Crippen LogP contribution < -0.4 is 21.3 Å². The Labute approximate surface area is 238 Å². The molecule has 0 saturated carbocycles. The Kier molecular flexibility index (Phi) is 20.5. The van der Waals surface area contributed by atoms with E-state index in [0.717, 1.165) is 0 Å². The second kappa shape index (κ2) is 22.3. The number of rotatable bonds is 22. The highest BCUT2D eigenvalue weighted by Crippen LogP contribution is 2.03. The molecule has 0 radical (unpaired) electrons. The van der Waals surface area contributed by atoms with Gasteiger partial charge in [0.05, 0.1) is 6.54 Å². The molecule has 0 aliphatic heterocycles. The van der Waals surface area contributed by atoms with Gasteiger partial charge < -0.3 is 21.3 Å². The SMILES string of the molecule is CC(=O)NCC(F)CCNC(=O)CCC(=O)NCC(F)CCN(O)C(=O)CCC(=O)NCCCCCN(O)C(C)=O. The molecule has 0 aromatic carbocycles. The van der Waals surface area contributed by atoms with Crippen LogP contribution in [0.4, 0.5) is 8.78 Å². The molecule has 0 saturated heterocycles. The first-order valence-electron chi connectivity index (χ1n) is 13.6. The summed E-state index contributed by atoms with van der Waals surface area (Å²) in [6, 6.07) is 0. The fraction of sp³-hybridized carbons (Fsp3) is 0.760. The number of nitrogens with zero attached hydrogens (tertiary/aromatic N) is 2. The Morgan fingerprint density at radius 2 is 1.17 bits per heavy atom. The molecule has 6 amide bonds. The monoisotopic (exact) mass is 594 g/mol. The van der Waals surface area contributed by atoms with Crippen molar-refractivity contribution in [3.05, 3.63) is 0 Å². The first kappa shape index (κ1) is 37.6. The Hall–Kier alpha value is -3.40. The number of hydrogen-bond acceptors (Lipinski definition) is 8. The number of hydroxylamine groups is 4. The van der Waals surface area contributed by atoms with E-state index in [1.165, 1.54) is 13.8 Å². The molecular weight excluding hydrogens is 550 g/mol. The average molecular weight is 595 g/mol. The maximum absolute atomic E-state index is 14.1. The van der Waals surface area contributed by atoms with Gasteiger partial charge in [-0.25, -0.2) is 18.9 Å². The maximum atomic E-state index is 14.1. The van der Waals surface area contributed by atoms with E-state index in [0.29, 0.717) is 35.9 Å². The van der Waals surface area contributed by atoms with E-state index < -0.39 is 41.9 Å². The van der Waals surface area contributed by atoms with Gasteiger partial charge in [0, 0.05) is 78.7 Å². The zero-order valence-electron chi connectivity index (χ0n) is 23.8. The summed E-state index contributed by atoms with van der Waals surface area (Å²) in [5.74, 6) is -3.02. The number of halogens is 2. The Morgan fingerprint density at radius 3 is 1.78 bits per heavy atom. The molecule has 14 nitrogen and oxygen atoms in total. The van der Waals surface area contributed by atoms with Crippen LogP contribution in [0.25, 0.3) is 0 Å². The van der Waals surface area contributed by atoms with E-state index in [1.807, 2.05) is 0 Å². The number of unbranched alkanes of at least 4 members (excludes halogenated alkanes) is 2. The summed E-state index contributed by atoms with van der Waals surface area (Å²) < 4.78 is 27.6. The third-order valence-corrected chi connectivity index (χ3v) is 5.69. The molecule has 0 aromatic heterocycles. The second-order valence-corrected chi connectivity index (χ2v) is 9.43. The third kappa shape index (κ3) is 22.0. The standard InChI is InChI=1S/C25H44F2N6O8/c1-18(34)30-16-20(26)10-13-29-22(36)6-7-24(38)31-17-21(27)11-15-33(41)25(39)9-8-23(37)28-12-4-3-5-14-32(40)19(2)35/h20-21,40-41H,3-17H2,1-2H3,(H,28,37)(H,29,36)(H,30,34)(H,31,38). The van der Waals surface area contributed by atoms with Gasteiger partial charge in [0.1, 0.15) is 12.3 Å². The van der Waals surface area contributed by atoms with E-state index in [4.69, 9.17) is 0 Å². The highest BCUT2D eigenvalue weighted by atomic mass is 19.1. The van der Waals surface area contributed by atoms with Gasteiger partial charge in [-0.15, -0.1) is 0 Å². The zero-order valence-corrected chi connectivity index (χ0v) is 23.8. The van der Waals surface area contributed by atoms with Crippen LogP contribution in [0.3, 0.4) is 0 Å². The van der Waals surface area contributed by atoms with Gasteiger partial charge >= 0.3 is 0 Å². The van der Waals surface area contributed by atoms with Crippen LogP contribution in [-0.2, 0) is 28.8 Å². The van der Waals surface area contributed by atoms with Crippen LogP contribution in [-0.4, -0.2) is 108 Å². The van der Waals surface area contributed by atoms with Crippen molar-refractivity contribution in [2.45, 2.75) is 84.0 Å². The Bertz CT molecular complexity index is 851. The number of carbonyl (C=O) groups is 6. The molecule has 0 spiro atoms. The largest absolute Gasteiger partial charge is 0.356 e. The van der Waals surface area contributed by atoms with Gasteiger partial charge in [-0.05, 0) is 25.7 Å². The van der Waals surface area contributed by atoms with Crippen LogP contribution in [0.1, 0.15) is 71.6 Å². The fourth-order valence-corrected chi connectivity index (χ4v) is 3.23. The van der Waals surface area contributed by atoms with Crippen molar-refractivity contribution in [1.29, 1.82) is 0 Å². The third-order valence-electron chi connectivity index (χ3n) is 5.69. The first-order valence-corrected chi connectivity index (χ1v) is 13.6. The van der Waals surface area contributed by atoms with Crippen molar-refractivity contribution in [3.8, 4) is 0 Å². The van der Waals surface area contributed by atoms with E-state index in [9.17, 15) is 48.0 Å². The number of nitrogens with one attached hydrogen (secondary N) is 4. The lowest BCUT2D eigenvalue weighted by molar-refractivity contribution is -0.166. The van der Waals surface area contributed by atoms with Crippen molar-refractivity contribution < 1.29 is 48.0 Å². The first-order chi connectivity index (χ1) is 19.3. The van der Waals surface area contributed by atoms with Crippen molar-refractivity contribution >= 4 is 35.4 Å². The van der Waals surface area contributed by atoms with Crippen LogP contribution in [0.5, 0.6) is 0 Å². The lowest BCUT2D eigenvalue weighted by Crippen LogP contribution is -2.35.